The first-order valence-electron chi connectivity index (χ1n) is 3.51. The molecule has 0 aliphatic carbocycles. The van der Waals surface area contributed by atoms with Gasteiger partial charge in [-0.3, -0.25) is 4.79 Å². The summed E-state index contributed by atoms with van der Waals surface area (Å²) in [6.07, 6.45) is 0. The van der Waals surface area contributed by atoms with Crippen LogP contribution in [-0.2, 0) is 4.79 Å². The lowest BCUT2D eigenvalue weighted by molar-refractivity contribution is -0.112. The average Bonchev–Trinajstić information content (AvgIpc) is 2.04. The van der Waals surface area contributed by atoms with Crippen molar-refractivity contribution in [3.8, 4) is 0 Å². The lowest BCUT2D eigenvalue weighted by Gasteiger charge is -2.02. The van der Waals surface area contributed by atoms with E-state index in [4.69, 9.17) is 23.2 Å². The van der Waals surface area contributed by atoms with Gasteiger partial charge in [0.05, 0.1) is 5.03 Å². The molecule has 1 N–H and O–H groups in total. The maximum atomic E-state index is 11.0. The largest absolute Gasteiger partial charge is 0.321 e. The molecule has 0 radical (unpaired) electrons. The van der Waals surface area contributed by atoms with Crippen LogP contribution in [0.4, 0.5) is 5.69 Å². The van der Waals surface area contributed by atoms with Crippen molar-refractivity contribution in [2.24, 2.45) is 0 Å². The van der Waals surface area contributed by atoms with Crippen LogP contribution in [0, 0.1) is 0 Å². The summed E-state index contributed by atoms with van der Waals surface area (Å²) >= 11 is 11.1. The predicted octanol–water partition coefficient (Wildman–Crippen LogP) is 3.03. The van der Waals surface area contributed by atoms with Gasteiger partial charge in [-0.05, 0) is 18.2 Å². The van der Waals surface area contributed by atoms with Crippen LogP contribution in [0.3, 0.4) is 0 Å². The number of halogens is 2. The van der Waals surface area contributed by atoms with E-state index >= 15 is 0 Å². The fraction of sp³-hybridized carbons (Fsp3) is 0. The van der Waals surface area contributed by atoms with E-state index in [2.05, 4.69) is 11.9 Å². The predicted molar refractivity (Wildman–Crippen MR) is 55.1 cm³/mol. The molecule has 13 heavy (non-hydrogen) atoms. The van der Waals surface area contributed by atoms with Gasteiger partial charge in [0.2, 0.25) is 0 Å². The minimum Gasteiger partial charge on any atom is -0.321 e. The summed E-state index contributed by atoms with van der Waals surface area (Å²) < 4.78 is 0. The summed E-state index contributed by atoms with van der Waals surface area (Å²) in [5.41, 5.74) is 0.597. The number of carbonyl (C=O) groups is 1. The molecule has 1 rings (SSSR count). The maximum absolute atomic E-state index is 11.0. The van der Waals surface area contributed by atoms with Gasteiger partial charge in [-0.1, -0.05) is 35.8 Å². The Morgan fingerprint density at radius 2 is 2.15 bits per heavy atom. The zero-order valence-corrected chi connectivity index (χ0v) is 8.19. The van der Waals surface area contributed by atoms with E-state index in [0.29, 0.717) is 10.7 Å². The molecule has 1 aromatic rings. The van der Waals surface area contributed by atoms with Crippen molar-refractivity contribution in [2.45, 2.75) is 0 Å². The molecule has 68 valence electrons. The Bertz CT molecular complexity index is 349. The smallest absolute Gasteiger partial charge is 0.266 e. The van der Waals surface area contributed by atoms with Gasteiger partial charge in [-0.15, -0.1) is 0 Å². The molecular weight excluding hydrogens is 209 g/mol. The summed E-state index contributed by atoms with van der Waals surface area (Å²) in [5, 5.41) is 3.03. The van der Waals surface area contributed by atoms with Crippen LogP contribution in [0.1, 0.15) is 0 Å². The van der Waals surface area contributed by atoms with Crippen molar-refractivity contribution in [1.82, 2.24) is 0 Å². The number of rotatable bonds is 2. The molecule has 0 atom stereocenters. The first-order valence-corrected chi connectivity index (χ1v) is 4.26. The topological polar surface area (TPSA) is 29.1 Å². The molecule has 0 heterocycles. The second-order valence-corrected chi connectivity index (χ2v) is 3.26. The fourth-order valence-electron chi connectivity index (χ4n) is 0.765. The van der Waals surface area contributed by atoms with Gasteiger partial charge in [0, 0.05) is 10.7 Å². The zero-order valence-electron chi connectivity index (χ0n) is 6.68. The molecular formula is C9H7Cl2NO. The molecule has 0 fully saturated rings. The molecule has 0 aliphatic rings. The minimum absolute atomic E-state index is 0.0556. The molecule has 0 saturated heterocycles. The highest BCUT2D eigenvalue weighted by atomic mass is 35.5. The monoisotopic (exact) mass is 215 g/mol. The first-order chi connectivity index (χ1) is 6.09. The van der Waals surface area contributed by atoms with Gasteiger partial charge in [0.1, 0.15) is 0 Å². The highest BCUT2D eigenvalue weighted by Crippen LogP contribution is 2.15. The van der Waals surface area contributed by atoms with Gasteiger partial charge in [0.15, 0.2) is 0 Å². The van der Waals surface area contributed by atoms with Gasteiger partial charge < -0.3 is 5.32 Å². The Labute approximate surface area is 86.2 Å². The van der Waals surface area contributed by atoms with Crippen LogP contribution in [0.15, 0.2) is 35.9 Å². The molecule has 1 amide bonds. The standard InChI is InChI=1S/C9H7Cl2NO/c1-6(10)9(13)12-8-4-2-3-7(11)5-8/h2-5H,1H2,(H,12,13). The van der Waals surface area contributed by atoms with Crippen LogP contribution in [0.2, 0.25) is 5.02 Å². The molecule has 0 spiro atoms. The van der Waals surface area contributed by atoms with Crippen LogP contribution >= 0.6 is 23.2 Å². The normalized spacial score (nSPS) is 9.38. The summed E-state index contributed by atoms with van der Waals surface area (Å²) in [5.74, 6) is -0.427. The Hall–Kier alpha value is -0.990. The summed E-state index contributed by atoms with van der Waals surface area (Å²) in [7, 11) is 0. The first kappa shape index (κ1) is 10.1. The summed E-state index contributed by atoms with van der Waals surface area (Å²) in [6.45, 7) is 3.29. The number of hydrogen-bond acceptors (Lipinski definition) is 1. The number of anilines is 1. The third-order valence-electron chi connectivity index (χ3n) is 1.33. The highest BCUT2D eigenvalue weighted by molar-refractivity contribution is 6.43. The summed E-state index contributed by atoms with van der Waals surface area (Å²) in [4.78, 5) is 11.0. The molecule has 0 saturated carbocycles. The minimum atomic E-state index is -0.427. The SMILES string of the molecule is C=C(Cl)C(=O)Nc1cccc(Cl)c1. The molecule has 0 aromatic heterocycles. The van der Waals surface area contributed by atoms with Crippen LogP contribution in [0.5, 0.6) is 0 Å². The number of carbonyl (C=O) groups excluding carboxylic acids is 1. The van der Waals surface area contributed by atoms with E-state index in [9.17, 15) is 4.79 Å². The average molecular weight is 216 g/mol. The Balaban J connectivity index is 2.75. The summed E-state index contributed by atoms with van der Waals surface area (Å²) in [6, 6.07) is 6.78. The Kier molecular flexibility index (Phi) is 3.34. The maximum Gasteiger partial charge on any atom is 0.266 e. The van der Waals surface area contributed by atoms with Crippen LogP contribution in [0.25, 0.3) is 0 Å². The van der Waals surface area contributed by atoms with Crippen LogP contribution < -0.4 is 5.32 Å². The van der Waals surface area contributed by atoms with E-state index in [1.807, 2.05) is 0 Å². The Morgan fingerprint density at radius 3 is 2.69 bits per heavy atom. The van der Waals surface area contributed by atoms with E-state index in [0.717, 1.165) is 0 Å². The number of hydrogen-bond donors (Lipinski definition) is 1. The van der Waals surface area contributed by atoms with Crippen molar-refractivity contribution in [3.63, 3.8) is 0 Å². The van der Waals surface area contributed by atoms with Crippen molar-refractivity contribution in [2.75, 3.05) is 5.32 Å². The van der Waals surface area contributed by atoms with Crippen LogP contribution in [-0.4, -0.2) is 5.91 Å². The highest BCUT2D eigenvalue weighted by Gasteiger charge is 2.03. The Morgan fingerprint density at radius 1 is 1.46 bits per heavy atom. The third-order valence-corrected chi connectivity index (χ3v) is 1.74. The lowest BCUT2D eigenvalue weighted by atomic mass is 10.3. The quantitative estimate of drug-likeness (QED) is 0.756. The van der Waals surface area contributed by atoms with E-state index < -0.39 is 5.91 Å². The molecule has 1 aromatic carbocycles. The van der Waals surface area contributed by atoms with Gasteiger partial charge >= 0.3 is 0 Å². The van der Waals surface area contributed by atoms with Gasteiger partial charge in [-0.2, -0.15) is 0 Å². The van der Waals surface area contributed by atoms with Crippen molar-refractivity contribution >= 4 is 34.8 Å². The number of amides is 1. The number of nitrogens with one attached hydrogen (secondary N) is 1. The van der Waals surface area contributed by atoms with Crippen molar-refractivity contribution in [3.05, 3.63) is 40.9 Å². The molecule has 0 unspecified atom stereocenters. The van der Waals surface area contributed by atoms with E-state index in [1.54, 1.807) is 24.3 Å². The fourth-order valence-corrected chi connectivity index (χ4v) is 1.00. The molecule has 2 nitrogen and oxygen atoms in total. The third kappa shape index (κ3) is 3.09. The molecule has 0 bridgehead atoms. The van der Waals surface area contributed by atoms with Crippen molar-refractivity contribution < 1.29 is 4.79 Å². The van der Waals surface area contributed by atoms with E-state index in [-0.39, 0.29) is 5.03 Å². The second kappa shape index (κ2) is 4.30. The van der Waals surface area contributed by atoms with Crippen molar-refractivity contribution in [1.29, 1.82) is 0 Å². The van der Waals surface area contributed by atoms with Gasteiger partial charge in [-0.25, -0.2) is 0 Å². The second-order valence-electron chi connectivity index (χ2n) is 2.37. The zero-order chi connectivity index (χ0) is 9.84. The molecule has 4 heteroatoms. The number of benzene rings is 1. The van der Waals surface area contributed by atoms with E-state index in [1.165, 1.54) is 0 Å². The lowest BCUT2D eigenvalue weighted by Crippen LogP contribution is -2.10. The van der Waals surface area contributed by atoms with Gasteiger partial charge in [0.25, 0.3) is 5.91 Å². The molecule has 0 aliphatic heterocycles.